The van der Waals surface area contributed by atoms with E-state index in [1.807, 2.05) is 0 Å². The molecule has 0 aliphatic heterocycles. The summed E-state index contributed by atoms with van der Waals surface area (Å²) >= 11 is 0. The van der Waals surface area contributed by atoms with E-state index in [9.17, 15) is 14.4 Å². The van der Waals surface area contributed by atoms with E-state index in [1.54, 1.807) is 0 Å². The van der Waals surface area contributed by atoms with Gasteiger partial charge in [0.25, 0.3) is 0 Å². The van der Waals surface area contributed by atoms with Crippen LogP contribution in [0.25, 0.3) is 0 Å². The van der Waals surface area contributed by atoms with Gasteiger partial charge in [0, 0.05) is 19.3 Å². The van der Waals surface area contributed by atoms with Crippen molar-refractivity contribution in [3.8, 4) is 0 Å². The zero-order valence-electron chi connectivity index (χ0n) is 52.0. The molecule has 0 bridgehead atoms. The minimum atomic E-state index is -0.817. The van der Waals surface area contributed by atoms with Crippen molar-refractivity contribution in [1.29, 1.82) is 0 Å². The van der Waals surface area contributed by atoms with Crippen molar-refractivity contribution in [1.82, 2.24) is 0 Å². The Balaban J connectivity index is 4.36. The van der Waals surface area contributed by atoms with Gasteiger partial charge in [-0.15, -0.1) is 0 Å². The van der Waals surface area contributed by atoms with Crippen LogP contribution in [0.3, 0.4) is 0 Å². The van der Waals surface area contributed by atoms with E-state index < -0.39 is 6.10 Å². The Morgan fingerprint density at radius 2 is 0.481 bits per heavy atom. The molecule has 0 N–H and O–H groups in total. The van der Waals surface area contributed by atoms with Crippen molar-refractivity contribution in [3.05, 3.63) is 170 Å². The number of esters is 3. The average Bonchev–Trinajstić information content (AvgIpc) is 3.46. The van der Waals surface area contributed by atoms with Crippen LogP contribution in [0.15, 0.2) is 170 Å². The Morgan fingerprint density at radius 3 is 0.778 bits per heavy atom. The van der Waals surface area contributed by atoms with Crippen LogP contribution in [0.1, 0.15) is 265 Å². The minimum absolute atomic E-state index is 0.107. The van der Waals surface area contributed by atoms with Crippen molar-refractivity contribution >= 4 is 17.9 Å². The highest BCUT2D eigenvalue weighted by atomic mass is 16.6. The van der Waals surface area contributed by atoms with Crippen molar-refractivity contribution in [2.24, 2.45) is 0 Å². The number of hydrogen-bond acceptors (Lipinski definition) is 6. The molecule has 6 heteroatoms. The minimum Gasteiger partial charge on any atom is -0.462 e. The van der Waals surface area contributed by atoms with Crippen LogP contribution in [0, 0.1) is 0 Å². The van der Waals surface area contributed by atoms with Crippen molar-refractivity contribution < 1.29 is 28.6 Å². The van der Waals surface area contributed by atoms with E-state index in [0.29, 0.717) is 19.3 Å². The maximum Gasteiger partial charge on any atom is 0.306 e. The van der Waals surface area contributed by atoms with Gasteiger partial charge >= 0.3 is 17.9 Å². The first-order valence-corrected chi connectivity index (χ1v) is 32.6. The van der Waals surface area contributed by atoms with Gasteiger partial charge in [0.05, 0.1) is 0 Å². The molecule has 0 aromatic rings. The molecular weight excluding hydrogens is 997 g/mol. The monoisotopic (exact) mass is 1110 g/mol. The largest absolute Gasteiger partial charge is 0.462 e. The lowest BCUT2D eigenvalue weighted by atomic mass is 10.0. The molecule has 1 unspecified atom stereocenters. The third-order valence-electron chi connectivity index (χ3n) is 13.2. The van der Waals surface area contributed by atoms with E-state index in [4.69, 9.17) is 14.2 Å². The first-order valence-electron chi connectivity index (χ1n) is 32.6. The van der Waals surface area contributed by atoms with Crippen LogP contribution >= 0.6 is 0 Å². The molecule has 0 heterocycles. The number of carbonyl (C=O) groups is 3. The lowest BCUT2D eigenvalue weighted by Gasteiger charge is -2.18. The summed E-state index contributed by atoms with van der Waals surface area (Å²) in [5.41, 5.74) is 0. The van der Waals surface area contributed by atoms with Crippen molar-refractivity contribution in [2.45, 2.75) is 271 Å². The second kappa shape index (κ2) is 67.3. The summed E-state index contributed by atoms with van der Waals surface area (Å²) < 4.78 is 16.8. The van der Waals surface area contributed by atoms with E-state index in [2.05, 4.69) is 191 Å². The summed E-state index contributed by atoms with van der Waals surface area (Å²) in [5.74, 6) is -0.980. The second-order valence-electron chi connectivity index (χ2n) is 20.9. The van der Waals surface area contributed by atoms with Crippen LogP contribution in [0.2, 0.25) is 0 Å². The molecule has 1 atom stereocenters. The van der Waals surface area contributed by atoms with E-state index in [0.717, 1.165) is 154 Å². The van der Waals surface area contributed by atoms with E-state index >= 15 is 0 Å². The van der Waals surface area contributed by atoms with Crippen LogP contribution in [-0.2, 0) is 28.6 Å². The first-order chi connectivity index (χ1) is 40.0. The number of carbonyl (C=O) groups excluding carboxylic acids is 3. The third-order valence-corrected chi connectivity index (χ3v) is 13.2. The van der Waals surface area contributed by atoms with Gasteiger partial charge in [-0.05, 0) is 135 Å². The molecule has 0 amide bonds. The number of unbranched alkanes of at least 4 members (excludes halogenated alkanes) is 18. The molecule has 0 saturated carbocycles. The Morgan fingerprint density at radius 1 is 0.259 bits per heavy atom. The van der Waals surface area contributed by atoms with Crippen LogP contribution < -0.4 is 0 Å². The van der Waals surface area contributed by atoms with Crippen molar-refractivity contribution in [2.75, 3.05) is 13.2 Å². The van der Waals surface area contributed by atoms with Gasteiger partial charge in [-0.25, -0.2) is 0 Å². The fourth-order valence-electron chi connectivity index (χ4n) is 8.40. The molecule has 0 radical (unpaired) electrons. The molecular formula is C75H118O6. The summed E-state index contributed by atoms with van der Waals surface area (Å²) in [6.45, 7) is 6.35. The summed E-state index contributed by atoms with van der Waals surface area (Å²) in [6, 6.07) is 0. The number of hydrogen-bond donors (Lipinski definition) is 0. The Bertz CT molecular complexity index is 1860. The Kier molecular flexibility index (Phi) is 62.9. The quantitative estimate of drug-likeness (QED) is 0.0261. The van der Waals surface area contributed by atoms with Gasteiger partial charge in [-0.3, -0.25) is 14.4 Å². The predicted molar refractivity (Wildman–Crippen MR) is 352 cm³/mol. The highest BCUT2D eigenvalue weighted by Crippen LogP contribution is 2.15. The molecule has 0 fully saturated rings. The molecule has 0 spiro atoms. The van der Waals surface area contributed by atoms with E-state index in [1.165, 1.54) is 64.2 Å². The highest BCUT2D eigenvalue weighted by molar-refractivity contribution is 5.71. The third kappa shape index (κ3) is 65.5. The zero-order chi connectivity index (χ0) is 58.5. The normalized spacial score (nSPS) is 13.3. The summed E-state index contributed by atoms with van der Waals surface area (Å²) in [4.78, 5) is 38.2. The summed E-state index contributed by atoms with van der Waals surface area (Å²) in [5, 5.41) is 0. The summed E-state index contributed by atoms with van der Waals surface area (Å²) in [6.07, 6.45) is 99.4. The second-order valence-corrected chi connectivity index (χ2v) is 20.9. The molecule has 0 aliphatic rings. The average molecular weight is 1120 g/mol. The molecule has 454 valence electrons. The van der Waals surface area contributed by atoms with Crippen LogP contribution in [-0.4, -0.2) is 37.2 Å². The first kappa shape index (κ1) is 75.8. The predicted octanol–water partition coefficient (Wildman–Crippen LogP) is 22.7. The Hall–Kier alpha value is -5.23. The van der Waals surface area contributed by atoms with Crippen LogP contribution in [0.5, 0.6) is 0 Å². The van der Waals surface area contributed by atoms with Gasteiger partial charge in [-0.2, -0.15) is 0 Å². The highest BCUT2D eigenvalue weighted by Gasteiger charge is 2.19. The number of rotatable bonds is 57. The molecule has 0 saturated heterocycles. The molecule has 6 nitrogen and oxygen atoms in total. The van der Waals surface area contributed by atoms with Crippen LogP contribution in [0.4, 0.5) is 0 Å². The van der Waals surface area contributed by atoms with Crippen molar-refractivity contribution in [3.63, 3.8) is 0 Å². The maximum absolute atomic E-state index is 12.9. The standard InChI is InChI=1S/C75H118O6/c1-4-7-10-13-16-19-22-25-27-28-29-30-31-32-33-34-35-36-37-38-39-40-41-42-43-44-45-46-48-50-53-56-59-62-65-68-74(77)80-71-72(70-79-73(76)67-64-61-58-55-52-49-24-21-18-15-12-9-6-3)81-75(78)69-66-63-60-57-54-51-47-26-23-20-17-14-11-8-5-2/h7-8,10-11,16-17,19-20,25-27,29-30,32-33,35-36,38-39,41-42,44-45,47-48,50,54,57,72H,4-6,9,12-15,18,21-24,28,31,34,37,40,43,46,49,51-53,55-56,58-71H2,1-3H3/b10-7-,11-8-,19-16-,20-17-,27-25-,30-29-,33-32-,36-35-,39-38-,42-41-,45-44-,47-26-,50-48-,57-54-. The fraction of sp³-hybridized carbons (Fsp3) is 0.587. The lowest BCUT2D eigenvalue weighted by molar-refractivity contribution is -0.167. The maximum atomic E-state index is 12.9. The van der Waals surface area contributed by atoms with Gasteiger partial charge in [0.1, 0.15) is 13.2 Å². The van der Waals surface area contributed by atoms with Gasteiger partial charge in [0.2, 0.25) is 0 Å². The fourth-order valence-corrected chi connectivity index (χ4v) is 8.40. The smallest absolute Gasteiger partial charge is 0.306 e. The van der Waals surface area contributed by atoms with Gasteiger partial charge in [0.15, 0.2) is 6.10 Å². The van der Waals surface area contributed by atoms with Gasteiger partial charge in [-0.1, -0.05) is 281 Å². The molecule has 81 heavy (non-hydrogen) atoms. The SMILES string of the molecule is CC/C=C\C/C=C\C/C=C\C/C=C\C/C=C\C/C=C\C/C=C\C/C=C\C/C=C\C/C=C\CCCCCCC(=O)OCC(COC(=O)CCCCCCCCCCCCCCC)OC(=O)CCCC/C=C\C/C=C\C/C=C\C/C=C\CC. The zero-order valence-corrected chi connectivity index (χ0v) is 52.0. The topological polar surface area (TPSA) is 78.9 Å². The molecule has 0 aliphatic carbocycles. The molecule has 0 aromatic carbocycles. The van der Waals surface area contributed by atoms with E-state index in [-0.39, 0.29) is 37.5 Å². The summed E-state index contributed by atoms with van der Waals surface area (Å²) in [7, 11) is 0. The molecule has 0 rings (SSSR count). The number of allylic oxidation sites excluding steroid dienone is 28. The van der Waals surface area contributed by atoms with Gasteiger partial charge < -0.3 is 14.2 Å². The molecule has 0 aromatic heterocycles. The lowest BCUT2D eigenvalue weighted by Crippen LogP contribution is -2.30. The number of ether oxygens (including phenoxy) is 3. The Labute approximate surface area is 498 Å².